The zero-order valence-electron chi connectivity index (χ0n) is 17.6. The molecular weight excluding hydrogens is 491 g/mol. The Morgan fingerprint density at radius 1 is 1.10 bits per heavy atom. The summed E-state index contributed by atoms with van der Waals surface area (Å²) in [6.45, 7) is 4.80. The number of hydrogen-bond donors (Lipinski definition) is 3. The highest BCUT2D eigenvalue weighted by atomic mass is 127. The fourth-order valence-electron chi connectivity index (χ4n) is 2.88. The number of carbonyl (C=O) groups is 1. The molecule has 3 N–H and O–H groups in total. The lowest BCUT2D eigenvalue weighted by atomic mass is 10.1. The van der Waals surface area contributed by atoms with E-state index in [1.54, 1.807) is 7.05 Å². The number of nitrogens with one attached hydrogen (secondary N) is 3. The fourth-order valence-corrected chi connectivity index (χ4v) is 2.88. The van der Waals surface area contributed by atoms with Crippen LogP contribution < -0.4 is 20.7 Å². The van der Waals surface area contributed by atoms with E-state index >= 15 is 0 Å². The molecule has 0 atom stereocenters. The molecule has 0 heterocycles. The van der Waals surface area contributed by atoms with Crippen LogP contribution in [-0.4, -0.2) is 32.1 Å². The minimum absolute atomic E-state index is 0. The van der Waals surface area contributed by atoms with Gasteiger partial charge < -0.3 is 20.7 Å². The number of benzene rings is 2. The van der Waals surface area contributed by atoms with Gasteiger partial charge in [0, 0.05) is 31.3 Å². The molecule has 3 rings (SSSR count). The average molecular weight is 522 g/mol. The van der Waals surface area contributed by atoms with Crippen molar-refractivity contribution in [2.24, 2.45) is 10.9 Å². The molecule has 6 nitrogen and oxygen atoms in total. The summed E-state index contributed by atoms with van der Waals surface area (Å²) in [4.78, 5) is 16.3. The maximum Gasteiger partial charge on any atom is 0.251 e. The second-order valence-corrected chi connectivity index (χ2v) is 7.19. The first-order valence-electron chi connectivity index (χ1n) is 10.2. The number of aliphatic imine (C=N–C) groups is 1. The average Bonchev–Trinajstić information content (AvgIpc) is 3.59. The predicted octanol–water partition coefficient (Wildman–Crippen LogP) is 3.71. The number of rotatable bonds is 9. The van der Waals surface area contributed by atoms with Crippen molar-refractivity contribution in [1.82, 2.24) is 16.0 Å². The molecule has 1 aliphatic rings. The highest BCUT2D eigenvalue weighted by Gasteiger charge is 2.22. The van der Waals surface area contributed by atoms with Gasteiger partial charge in [0.1, 0.15) is 5.75 Å². The minimum atomic E-state index is -0.0855. The molecule has 7 heteroatoms. The first-order valence-corrected chi connectivity index (χ1v) is 10.2. The molecule has 2 aromatic carbocycles. The summed E-state index contributed by atoms with van der Waals surface area (Å²) in [7, 11) is 1.63. The van der Waals surface area contributed by atoms with Crippen molar-refractivity contribution < 1.29 is 9.53 Å². The van der Waals surface area contributed by atoms with Crippen LogP contribution in [0.25, 0.3) is 0 Å². The fraction of sp³-hybridized carbons (Fsp3) is 0.391. The van der Waals surface area contributed by atoms with Crippen LogP contribution in [-0.2, 0) is 13.1 Å². The number of para-hydroxylation sites is 1. The van der Waals surface area contributed by atoms with Crippen LogP contribution >= 0.6 is 24.0 Å². The number of guanidine groups is 1. The molecule has 0 aliphatic heterocycles. The van der Waals surface area contributed by atoms with E-state index in [0.717, 1.165) is 41.9 Å². The zero-order valence-corrected chi connectivity index (χ0v) is 19.9. The Bertz CT molecular complexity index is 835. The van der Waals surface area contributed by atoms with Gasteiger partial charge in [0.25, 0.3) is 5.91 Å². The van der Waals surface area contributed by atoms with E-state index in [1.165, 1.54) is 12.8 Å². The van der Waals surface area contributed by atoms with Gasteiger partial charge in [0.15, 0.2) is 5.96 Å². The second-order valence-electron chi connectivity index (χ2n) is 7.19. The molecule has 1 fully saturated rings. The number of amides is 1. The minimum Gasteiger partial charge on any atom is -0.493 e. The molecule has 1 aliphatic carbocycles. The lowest BCUT2D eigenvalue weighted by molar-refractivity contribution is 0.0963. The predicted molar refractivity (Wildman–Crippen MR) is 132 cm³/mol. The Morgan fingerprint density at radius 3 is 2.50 bits per heavy atom. The maximum absolute atomic E-state index is 11.6. The summed E-state index contributed by atoms with van der Waals surface area (Å²) in [6, 6.07) is 15.6. The van der Waals surface area contributed by atoms with Gasteiger partial charge in [0.05, 0.1) is 13.2 Å². The van der Waals surface area contributed by atoms with Crippen LogP contribution in [0.4, 0.5) is 0 Å². The van der Waals surface area contributed by atoms with Gasteiger partial charge in [-0.1, -0.05) is 30.3 Å². The maximum atomic E-state index is 11.6. The third-order valence-electron chi connectivity index (χ3n) is 4.80. The van der Waals surface area contributed by atoms with E-state index in [0.29, 0.717) is 18.7 Å². The van der Waals surface area contributed by atoms with Crippen molar-refractivity contribution in [3.8, 4) is 5.75 Å². The van der Waals surface area contributed by atoms with E-state index in [-0.39, 0.29) is 29.9 Å². The molecule has 1 saturated carbocycles. The number of halogens is 1. The van der Waals surface area contributed by atoms with Crippen LogP contribution in [0, 0.1) is 5.92 Å². The molecule has 162 valence electrons. The first-order chi connectivity index (χ1) is 14.2. The Kier molecular flexibility index (Phi) is 9.93. The van der Waals surface area contributed by atoms with Crippen molar-refractivity contribution >= 4 is 35.8 Å². The molecule has 1 amide bonds. The highest BCUT2D eigenvalue weighted by Crippen LogP contribution is 2.30. The number of carbonyl (C=O) groups excluding carboxylic acids is 1. The van der Waals surface area contributed by atoms with Gasteiger partial charge in [0.2, 0.25) is 0 Å². The van der Waals surface area contributed by atoms with E-state index in [1.807, 2.05) is 49.4 Å². The highest BCUT2D eigenvalue weighted by molar-refractivity contribution is 14.0. The van der Waals surface area contributed by atoms with Crippen LogP contribution in [0.5, 0.6) is 5.75 Å². The molecule has 0 bridgehead atoms. The standard InChI is InChI=1S/C23H30N4O2.HI/c1-3-25-23(26-14-17-10-12-19(13-11-17)22(28)24-2)27-15-20-6-4-5-7-21(20)29-16-18-8-9-18;/h4-7,10-13,18H,3,8-9,14-16H2,1-2H3,(H,24,28)(H2,25,26,27);1H. The van der Waals surface area contributed by atoms with Crippen molar-refractivity contribution in [3.05, 3.63) is 65.2 Å². The lowest BCUT2D eigenvalue weighted by Crippen LogP contribution is -2.36. The molecule has 0 aromatic heterocycles. The van der Waals surface area contributed by atoms with E-state index < -0.39 is 0 Å². The Labute approximate surface area is 195 Å². The Hall–Kier alpha value is -2.29. The van der Waals surface area contributed by atoms with Gasteiger partial charge in [-0.3, -0.25) is 4.79 Å². The van der Waals surface area contributed by atoms with Gasteiger partial charge in [-0.2, -0.15) is 0 Å². The van der Waals surface area contributed by atoms with E-state index in [2.05, 4.69) is 27.0 Å². The third-order valence-corrected chi connectivity index (χ3v) is 4.80. The van der Waals surface area contributed by atoms with Gasteiger partial charge in [-0.05, 0) is 49.4 Å². The first kappa shape index (κ1) is 24.0. The van der Waals surface area contributed by atoms with Crippen LogP contribution in [0.1, 0.15) is 41.3 Å². The molecule has 0 unspecified atom stereocenters. The van der Waals surface area contributed by atoms with Crippen molar-refractivity contribution in [2.75, 3.05) is 20.2 Å². The number of ether oxygens (including phenoxy) is 1. The number of nitrogens with zero attached hydrogens (tertiary/aromatic N) is 1. The topological polar surface area (TPSA) is 74.8 Å². The van der Waals surface area contributed by atoms with E-state index in [9.17, 15) is 4.79 Å². The molecule has 0 spiro atoms. The Morgan fingerprint density at radius 2 is 1.83 bits per heavy atom. The van der Waals surface area contributed by atoms with Crippen LogP contribution in [0.3, 0.4) is 0 Å². The summed E-state index contributed by atoms with van der Waals surface area (Å²) < 4.78 is 5.99. The summed E-state index contributed by atoms with van der Waals surface area (Å²) in [5.41, 5.74) is 2.81. The monoisotopic (exact) mass is 522 g/mol. The second kappa shape index (κ2) is 12.4. The van der Waals surface area contributed by atoms with Crippen molar-refractivity contribution in [3.63, 3.8) is 0 Å². The molecule has 30 heavy (non-hydrogen) atoms. The molecular formula is C23H31IN4O2. The lowest BCUT2D eigenvalue weighted by Gasteiger charge is -2.14. The van der Waals surface area contributed by atoms with Gasteiger partial charge >= 0.3 is 0 Å². The smallest absolute Gasteiger partial charge is 0.251 e. The van der Waals surface area contributed by atoms with Crippen molar-refractivity contribution in [2.45, 2.75) is 32.9 Å². The van der Waals surface area contributed by atoms with E-state index in [4.69, 9.17) is 4.74 Å². The largest absolute Gasteiger partial charge is 0.493 e. The number of hydrogen-bond acceptors (Lipinski definition) is 3. The summed E-state index contributed by atoms with van der Waals surface area (Å²) in [5, 5.41) is 9.29. The van der Waals surface area contributed by atoms with Gasteiger partial charge in [-0.15, -0.1) is 24.0 Å². The molecule has 2 aromatic rings. The SMILES string of the molecule is CCNC(=NCc1ccc(C(=O)NC)cc1)NCc1ccccc1OCC1CC1.I. The summed E-state index contributed by atoms with van der Waals surface area (Å²) >= 11 is 0. The quantitative estimate of drug-likeness (QED) is 0.267. The molecule has 0 saturated heterocycles. The normalized spacial score (nSPS) is 13.2. The van der Waals surface area contributed by atoms with Crippen molar-refractivity contribution in [1.29, 1.82) is 0 Å². The molecule has 0 radical (unpaired) electrons. The summed E-state index contributed by atoms with van der Waals surface area (Å²) in [6.07, 6.45) is 2.56. The summed E-state index contributed by atoms with van der Waals surface area (Å²) in [5.74, 6) is 2.33. The van der Waals surface area contributed by atoms with Crippen LogP contribution in [0.2, 0.25) is 0 Å². The van der Waals surface area contributed by atoms with Crippen LogP contribution in [0.15, 0.2) is 53.5 Å². The Balaban J connectivity index is 0.00000320. The third kappa shape index (κ3) is 7.51. The zero-order chi connectivity index (χ0) is 20.5. The van der Waals surface area contributed by atoms with Gasteiger partial charge in [-0.25, -0.2) is 4.99 Å².